The van der Waals surface area contributed by atoms with E-state index < -0.39 is 0 Å². The second-order valence-corrected chi connectivity index (χ2v) is 6.98. The Hall–Kier alpha value is -1.20. The quantitative estimate of drug-likeness (QED) is 0.457. The van der Waals surface area contributed by atoms with Crippen LogP contribution >= 0.6 is 11.8 Å². The lowest BCUT2D eigenvalue weighted by atomic mass is 10.1. The van der Waals surface area contributed by atoms with Crippen LogP contribution in [-0.2, 0) is 13.1 Å². The van der Waals surface area contributed by atoms with Gasteiger partial charge in [0.05, 0.1) is 0 Å². The molecule has 0 spiro atoms. The van der Waals surface area contributed by atoms with Gasteiger partial charge < -0.3 is 10.6 Å². The Morgan fingerprint density at radius 1 is 1.09 bits per heavy atom. The number of nitrogens with one attached hydrogen (secondary N) is 2. The van der Waals surface area contributed by atoms with Gasteiger partial charge in [-0.3, -0.25) is 9.89 Å². The van der Waals surface area contributed by atoms with Gasteiger partial charge in [-0.2, -0.15) is 11.8 Å². The van der Waals surface area contributed by atoms with Crippen LogP contribution in [-0.4, -0.2) is 49.6 Å². The molecule has 23 heavy (non-hydrogen) atoms. The van der Waals surface area contributed by atoms with Crippen LogP contribution in [0, 0.1) is 0 Å². The third-order valence-electron chi connectivity index (χ3n) is 4.16. The highest BCUT2D eigenvalue weighted by Crippen LogP contribution is 2.13. The van der Waals surface area contributed by atoms with Crippen molar-refractivity contribution in [3.63, 3.8) is 0 Å². The van der Waals surface area contributed by atoms with E-state index in [1.807, 2.05) is 18.8 Å². The van der Waals surface area contributed by atoms with Crippen molar-refractivity contribution < 1.29 is 0 Å². The van der Waals surface area contributed by atoms with Crippen LogP contribution in [0.3, 0.4) is 0 Å². The summed E-state index contributed by atoms with van der Waals surface area (Å²) in [6, 6.07) is 8.97. The van der Waals surface area contributed by atoms with Crippen LogP contribution in [0.4, 0.5) is 0 Å². The predicted octanol–water partition coefficient (Wildman–Crippen LogP) is 2.70. The van der Waals surface area contributed by atoms with Crippen molar-refractivity contribution in [1.29, 1.82) is 0 Å². The Labute approximate surface area is 145 Å². The summed E-state index contributed by atoms with van der Waals surface area (Å²) in [5.41, 5.74) is 2.71. The fraction of sp³-hybridized carbons (Fsp3) is 0.611. The number of hydrogen-bond donors (Lipinski definition) is 2. The highest BCUT2D eigenvalue weighted by atomic mass is 32.2. The summed E-state index contributed by atoms with van der Waals surface area (Å²) in [6.07, 6.45) is 6.21. The molecule has 4 nitrogen and oxygen atoms in total. The summed E-state index contributed by atoms with van der Waals surface area (Å²) in [4.78, 5) is 6.81. The summed E-state index contributed by atoms with van der Waals surface area (Å²) in [5, 5.41) is 6.68. The lowest BCUT2D eigenvalue weighted by Gasteiger charge is -2.26. The molecule has 1 heterocycles. The minimum Gasteiger partial charge on any atom is -0.356 e. The molecule has 0 radical (unpaired) electrons. The summed E-state index contributed by atoms with van der Waals surface area (Å²) >= 11 is 1.84. The maximum atomic E-state index is 4.25. The Kier molecular flexibility index (Phi) is 8.32. The zero-order valence-electron chi connectivity index (χ0n) is 14.5. The van der Waals surface area contributed by atoms with Gasteiger partial charge in [-0.1, -0.05) is 30.7 Å². The van der Waals surface area contributed by atoms with Crippen LogP contribution in [0.15, 0.2) is 29.3 Å². The molecule has 1 fully saturated rings. The molecule has 1 aliphatic rings. The SMILES string of the molecule is CN=C(NCCSC)NCc1ccc(CN2CCCCC2)cc1. The molecule has 0 aromatic heterocycles. The first-order valence-electron chi connectivity index (χ1n) is 8.55. The Morgan fingerprint density at radius 3 is 2.43 bits per heavy atom. The number of rotatable bonds is 7. The van der Waals surface area contributed by atoms with Gasteiger partial charge >= 0.3 is 0 Å². The van der Waals surface area contributed by atoms with Gasteiger partial charge in [-0.15, -0.1) is 0 Å². The maximum absolute atomic E-state index is 4.25. The fourth-order valence-corrected chi connectivity index (χ4v) is 3.12. The zero-order valence-corrected chi connectivity index (χ0v) is 15.3. The molecule has 0 unspecified atom stereocenters. The molecule has 2 N–H and O–H groups in total. The van der Waals surface area contributed by atoms with E-state index >= 15 is 0 Å². The molecular weight excluding hydrogens is 304 g/mol. The average Bonchev–Trinajstić information content (AvgIpc) is 2.60. The van der Waals surface area contributed by atoms with Gasteiger partial charge in [0, 0.05) is 32.4 Å². The largest absolute Gasteiger partial charge is 0.356 e. The first-order valence-corrected chi connectivity index (χ1v) is 9.95. The minimum atomic E-state index is 0.808. The van der Waals surface area contributed by atoms with E-state index in [1.54, 1.807) is 0 Å². The molecule has 128 valence electrons. The minimum absolute atomic E-state index is 0.808. The van der Waals surface area contributed by atoms with Crippen molar-refractivity contribution >= 4 is 17.7 Å². The normalized spacial score (nSPS) is 16.3. The summed E-state index contributed by atoms with van der Waals surface area (Å²) in [5.74, 6) is 1.96. The first-order chi connectivity index (χ1) is 11.3. The van der Waals surface area contributed by atoms with Crippen LogP contribution in [0.25, 0.3) is 0 Å². The van der Waals surface area contributed by atoms with Crippen molar-refractivity contribution in [2.24, 2.45) is 4.99 Å². The third-order valence-corrected chi connectivity index (χ3v) is 4.77. The van der Waals surface area contributed by atoms with E-state index in [9.17, 15) is 0 Å². The topological polar surface area (TPSA) is 39.7 Å². The number of likely N-dealkylation sites (tertiary alicyclic amines) is 1. The molecule has 1 saturated heterocycles. The van der Waals surface area contributed by atoms with Crippen molar-refractivity contribution in [3.8, 4) is 0 Å². The molecule has 1 aromatic carbocycles. The number of piperidine rings is 1. The second kappa shape index (κ2) is 10.6. The van der Waals surface area contributed by atoms with Gasteiger partial charge in [0.15, 0.2) is 5.96 Å². The number of hydrogen-bond acceptors (Lipinski definition) is 3. The lowest BCUT2D eigenvalue weighted by Crippen LogP contribution is -2.37. The molecule has 0 saturated carbocycles. The molecule has 0 aliphatic carbocycles. The molecule has 0 bridgehead atoms. The predicted molar refractivity (Wildman–Crippen MR) is 102 cm³/mol. The van der Waals surface area contributed by atoms with Crippen molar-refractivity contribution in [2.45, 2.75) is 32.4 Å². The van der Waals surface area contributed by atoms with Gasteiger partial charge in [0.2, 0.25) is 0 Å². The number of nitrogens with zero attached hydrogens (tertiary/aromatic N) is 2. The van der Waals surface area contributed by atoms with Crippen molar-refractivity contribution in [2.75, 3.05) is 38.7 Å². The molecule has 1 aliphatic heterocycles. The average molecular weight is 335 g/mol. The third kappa shape index (κ3) is 6.83. The van der Waals surface area contributed by atoms with Gasteiger partial charge in [-0.05, 0) is 43.3 Å². The first kappa shape index (κ1) is 18.1. The Morgan fingerprint density at radius 2 is 1.78 bits per heavy atom. The van der Waals surface area contributed by atoms with E-state index in [1.165, 1.54) is 43.5 Å². The van der Waals surface area contributed by atoms with Crippen LogP contribution in [0.2, 0.25) is 0 Å². The van der Waals surface area contributed by atoms with Gasteiger partial charge in [-0.25, -0.2) is 0 Å². The smallest absolute Gasteiger partial charge is 0.191 e. The van der Waals surface area contributed by atoms with E-state index in [-0.39, 0.29) is 0 Å². The molecule has 1 aromatic rings. The molecule has 0 atom stereocenters. The highest BCUT2D eigenvalue weighted by Gasteiger charge is 2.10. The van der Waals surface area contributed by atoms with Crippen molar-refractivity contribution in [1.82, 2.24) is 15.5 Å². The van der Waals surface area contributed by atoms with Crippen molar-refractivity contribution in [3.05, 3.63) is 35.4 Å². The van der Waals surface area contributed by atoms with Gasteiger partial charge in [0.1, 0.15) is 0 Å². The van der Waals surface area contributed by atoms with E-state index in [2.05, 4.69) is 51.0 Å². The summed E-state index contributed by atoms with van der Waals surface area (Å²) in [7, 11) is 1.82. The lowest BCUT2D eigenvalue weighted by molar-refractivity contribution is 0.221. The number of benzene rings is 1. The highest BCUT2D eigenvalue weighted by molar-refractivity contribution is 7.98. The summed E-state index contributed by atoms with van der Waals surface area (Å²) in [6.45, 7) is 5.34. The second-order valence-electron chi connectivity index (χ2n) is 6.00. The number of guanidine groups is 1. The molecule has 5 heteroatoms. The Balaban J connectivity index is 1.75. The summed E-state index contributed by atoms with van der Waals surface area (Å²) < 4.78 is 0. The van der Waals surface area contributed by atoms with E-state index in [4.69, 9.17) is 0 Å². The van der Waals surface area contributed by atoms with Crippen LogP contribution in [0.1, 0.15) is 30.4 Å². The number of aliphatic imine (C=N–C) groups is 1. The van der Waals surface area contributed by atoms with E-state index in [0.717, 1.165) is 31.3 Å². The van der Waals surface area contributed by atoms with Crippen LogP contribution < -0.4 is 10.6 Å². The molecule has 2 rings (SSSR count). The fourth-order valence-electron chi connectivity index (χ4n) is 2.82. The van der Waals surface area contributed by atoms with E-state index in [0.29, 0.717) is 0 Å². The molecule has 0 amide bonds. The monoisotopic (exact) mass is 334 g/mol. The standard InChI is InChI=1S/C18H30N4S/c1-19-18(20-10-13-23-2)21-14-16-6-8-17(9-7-16)15-22-11-4-3-5-12-22/h6-9H,3-5,10-15H2,1-2H3,(H2,19,20,21). The van der Waals surface area contributed by atoms with Crippen LogP contribution in [0.5, 0.6) is 0 Å². The maximum Gasteiger partial charge on any atom is 0.191 e. The molecular formula is C18H30N4S. The zero-order chi connectivity index (χ0) is 16.3. The number of thioether (sulfide) groups is 1. The van der Waals surface area contributed by atoms with Gasteiger partial charge in [0.25, 0.3) is 0 Å². The Bertz CT molecular complexity index is 466.